The normalized spacial score (nSPS) is 10.7. The number of rotatable bonds is 6. The second kappa shape index (κ2) is 6.96. The van der Waals surface area contributed by atoms with E-state index in [2.05, 4.69) is 10.3 Å². The first kappa shape index (κ1) is 15.1. The Hall–Kier alpha value is -2.82. The van der Waals surface area contributed by atoms with E-state index in [9.17, 15) is 4.79 Å². The minimum atomic E-state index is -0.00243. The molecule has 0 atom stereocenters. The van der Waals surface area contributed by atoms with Crippen molar-refractivity contribution < 1.29 is 13.9 Å². The van der Waals surface area contributed by atoms with Crippen molar-refractivity contribution in [1.29, 1.82) is 0 Å². The molecule has 0 radical (unpaired) electrons. The zero-order chi connectivity index (χ0) is 16.1. The molecule has 1 heterocycles. The van der Waals surface area contributed by atoms with Gasteiger partial charge in [0.05, 0.1) is 13.5 Å². The summed E-state index contributed by atoms with van der Waals surface area (Å²) < 4.78 is 10.4. The largest absolute Gasteiger partial charge is 0.497 e. The van der Waals surface area contributed by atoms with Gasteiger partial charge >= 0.3 is 0 Å². The summed E-state index contributed by atoms with van der Waals surface area (Å²) in [6, 6.07) is 13.5. The zero-order valence-electron chi connectivity index (χ0n) is 12.9. The van der Waals surface area contributed by atoms with Crippen LogP contribution in [-0.4, -0.2) is 24.5 Å². The second-order valence-electron chi connectivity index (χ2n) is 5.28. The molecule has 5 nitrogen and oxygen atoms in total. The molecule has 0 aliphatic carbocycles. The van der Waals surface area contributed by atoms with Crippen LogP contribution in [0.3, 0.4) is 0 Å². The molecule has 5 heteroatoms. The molecule has 0 unspecified atom stereocenters. The van der Waals surface area contributed by atoms with E-state index in [1.807, 2.05) is 42.5 Å². The lowest BCUT2D eigenvalue weighted by Crippen LogP contribution is -2.27. The van der Waals surface area contributed by atoms with Crippen LogP contribution in [0, 0.1) is 0 Å². The molecule has 1 amide bonds. The van der Waals surface area contributed by atoms with E-state index in [1.54, 1.807) is 7.11 Å². The van der Waals surface area contributed by atoms with Crippen molar-refractivity contribution in [3.8, 4) is 5.75 Å². The second-order valence-corrected chi connectivity index (χ2v) is 5.28. The summed E-state index contributed by atoms with van der Waals surface area (Å²) in [5.41, 5.74) is 3.58. The van der Waals surface area contributed by atoms with E-state index in [0.717, 1.165) is 28.8 Å². The zero-order valence-corrected chi connectivity index (χ0v) is 12.9. The third-order valence-corrected chi connectivity index (χ3v) is 3.66. The van der Waals surface area contributed by atoms with Gasteiger partial charge in [-0.05, 0) is 41.8 Å². The number of nitrogens with zero attached hydrogens (tertiary/aromatic N) is 1. The number of oxazole rings is 1. The van der Waals surface area contributed by atoms with Gasteiger partial charge in [-0.25, -0.2) is 4.98 Å². The lowest BCUT2D eigenvalue weighted by Gasteiger charge is -2.06. The van der Waals surface area contributed by atoms with Crippen molar-refractivity contribution >= 4 is 17.0 Å². The van der Waals surface area contributed by atoms with Gasteiger partial charge in [0, 0.05) is 6.54 Å². The SMILES string of the molecule is COc1ccc(CCNC(=O)Cc2ccc3ncoc3c2)cc1. The summed E-state index contributed by atoms with van der Waals surface area (Å²) in [6.07, 6.45) is 2.53. The third kappa shape index (κ3) is 3.88. The van der Waals surface area contributed by atoms with Crippen molar-refractivity contribution in [3.05, 3.63) is 60.0 Å². The molecule has 0 saturated carbocycles. The Morgan fingerprint density at radius 3 is 2.74 bits per heavy atom. The number of hydrogen-bond donors (Lipinski definition) is 1. The van der Waals surface area contributed by atoms with Gasteiger partial charge in [0.25, 0.3) is 0 Å². The predicted octanol–water partition coefficient (Wildman–Crippen LogP) is 2.74. The highest BCUT2D eigenvalue weighted by Gasteiger charge is 2.06. The molecule has 118 valence electrons. The molecule has 0 aliphatic rings. The Bertz CT molecular complexity index is 793. The summed E-state index contributed by atoms with van der Waals surface area (Å²) in [7, 11) is 1.64. The Morgan fingerprint density at radius 2 is 1.96 bits per heavy atom. The van der Waals surface area contributed by atoms with Gasteiger partial charge in [-0.1, -0.05) is 18.2 Å². The Balaban J connectivity index is 1.48. The van der Waals surface area contributed by atoms with Crippen molar-refractivity contribution in [3.63, 3.8) is 0 Å². The van der Waals surface area contributed by atoms with Crippen molar-refractivity contribution in [2.45, 2.75) is 12.8 Å². The third-order valence-electron chi connectivity index (χ3n) is 3.66. The molecule has 0 saturated heterocycles. The van der Waals surface area contributed by atoms with Crippen molar-refractivity contribution in [2.75, 3.05) is 13.7 Å². The number of ether oxygens (including phenoxy) is 1. The number of hydrogen-bond acceptors (Lipinski definition) is 4. The van der Waals surface area contributed by atoms with Gasteiger partial charge < -0.3 is 14.5 Å². The maximum atomic E-state index is 12.0. The summed E-state index contributed by atoms with van der Waals surface area (Å²) in [6.45, 7) is 0.607. The van der Waals surface area contributed by atoms with Gasteiger partial charge in [-0.15, -0.1) is 0 Å². The number of methoxy groups -OCH3 is 1. The molecule has 3 aromatic rings. The number of amides is 1. The molecule has 0 spiro atoms. The van der Waals surface area contributed by atoms with Gasteiger partial charge in [0.2, 0.25) is 5.91 Å². The van der Waals surface area contributed by atoms with Crippen LogP contribution in [-0.2, 0) is 17.6 Å². The van der Waals surface area contributed by atoms with Crippen LogP contribution in [0.2, 0.25) is 0 Å². The minimum absolute atomic E-state index is 0.00243. The van der Waals surface area contributed by atoms with Crippen LogP contribution >= 0.6 is 0 Å². The first-order valence-electron chi connectivity index (χ1n) is 7.46. The first-order valence-corrected chi connectivity index (χ1v) is 7.46. The average Bonchev–Trinajstić information content (AvgIpc) is 3.03. The van der Waals surface area contributed by atoms with Gasteiger partial charge in [0.15, 0.2) is 12.0 Å². The Kier molecular flexibility index (Phi) is 4.57. The molecule has 3 rings (SSSR count). The van der Waals surface area contributed by atoms with Crippen LogP contribution in [0.15, 0.2) is 53.3 Å². The van der Waals surface area contributed by atoms with Crippen molar-refractivity contribution in [2.24, 2.45) is 0 Å². The minimum Gasteiger partial charge on any atom is -0.497 e. The number of carbonyl (C=O) groups excluding carboxylic acids is 1. The monoisotopic (exact) mass is 310 g/mol. The molecule has 0 aliphatic heterocycles. The van der Waals surface area contributed by atoms with Gasteiger partial charge in [-0.3, -0.25) is 4.79 Å². The fraction of sp³-hybridized carbons (Fsp3) is 0.222. The number of aromatic nitrogens is 1. The van der Waals surface area contributed by atoms with E-state index in [-0.39, 0.29) is 5.91 Å². The first-order chi connectivity index (χ1) is 11.2. The highest BCUT2D eigenvalue weighted by Crippen LogP contribution is 2.14. The smallest absolute Gasteiger partial charge is 0.224 e. The number of benzene rings is 2. The number of fused-ring (bicyclic) bond motifs is 1. The predicted molar refractivity (Wildman–Crippen MR) is 87.4 cm³/mol. The van der Waals surface area contributed by atoms with Crippen LogP contribution in [0.4, 0.5) is 0 Å². The highest BCUT2D eigenvalue weighted by molar-refractivity contribution is 5.80. The topological polar surface area (TPSA) is 64.4 Å². The highest BCUT2D eigenvalue weighted by atomic mass is 16.5. The molecule has 0 fully saturated rings. The lowest BCUT2D eigenvalue weighted by molar-refractivity contribution is -0.120. The van der Waals surface area contributed by atoms with Crippen LogP contribution in [0.1, 0.15) is 11.1 Å². The van der Waals surface area contributed by atoms with E-state index < -0.39 is 0 Å². The molecule has 2 aromatic carbocycles. The summed E-state index contributed by atoms with van der Waals surface area (Å²) in [5, 5.41) is 2.93. The van der Waals surface area contributed by atoms with E-state index in [0.29, 0.717) is 18.5 Å². The standard InChI is InChI=1S/C18H18N2O3/c1-22-15-5-2-13(3-6-15)8-9-19-18(21)11-14-4-7-16-17(10-14)23-12-20-16/h2-7,10,12H,8-9,11H2,1H3,(H,19,21). The number of nitrogens with one attached hydrogen (secondary N) is 1. The van der Waals surface area contributed by atoms with Gasteiger partial charge in [0.1, 0.15) is 11.3 Å². The van der Waals surface area contributed by atoms with E-state index in [1.165, 1.54) is 6.39 Å². The Labute approximate surface area is 134 Å². The molecule has 1 N–H and O–H groups in total. The lowest BCUT2D eigenvalue weighted by atomic mass is 10.1. The quantitative estimate of drug-likeness (QED) is 0.760. The van der Waals surface area contributed by atoms with Crippen LogP contribution < -0.4 is 10.1 Å². The maximum absolute atomic E-state index is 12.0. The molecule has 23 heavy (non-hydrogen) atoms. The summed E-state index contributed by atoms with van der Waals surface area (Å²) in [5.74, 6) is 0.831. The fourth-order valence-corrected chi connectivity index (χ4v) is 2.40. The fourth-order valence-electron chi connectivity index (χ4n) is 2.40. The average molecular weight is 310 g/mol. The summed E-state index contributed by atoms with van der Waals surface area (Å²) >= 11 is 0. The molecule has 1 aromatic heterocycles. The number of carbonyl (C=O) groups is 1. The van der Waals surface area contributed by atoms with Crippen LogP contribution in [0.5, 0.6) is 5.75 Å². The summed E-state index contributed by atoms with van der Waals surface area (Å²) in [4.78, 5) is 16.1. The Morgan fingerprint density at radius 1 is 1.17 bits per heavy atom. The molecular weight excluding hydrogens is 292 g/mol. The van der Waals surface area contributed by atoms with Crippen molar-refractivity contribution in [1.82, 2.24) is 10.3 Å². The van der Waals surface area contributed by atoms with E-state index >= 15 is 0 Å². The van der Waals surface area contributed by atoms with Gasteiger partial charge in [-0.2, -0.15) is 0 Å². The maximum Gasteiger partial charge on any atom is 0.224 e. The molecular formula is C18H18N2O3. The van der Waals surface area contributed by atoms with E-state index in [4.69, 9.17) is 9.15 Å². The van der Waals surface area contributed by atoms with Crippen LogP contribution in [0.25, 0.3) is 11.1 Å². The molecule has 0 bridgehead atoms.